The molecule has 1 N–H and O–H groups in total. The number of hydrogen-bond acceptors (Lipinski definition) is 3. The van der Waals surface area contributed by atoms with Crippen LogP contribution in [-0.4, -0.2) is 27.3 Å². The molecule has 24 heavy (non-hydrogen) atoms. The van der Waals surface area contributed by atoms with Crippen molar-refractivity contribution in [1.29, 1.82) is 0 Å². The Hall–Kier alpha value is -2.04. The minimum Gasteiger partial charge on any atom is -0.444 e. The van der Waals surface area contributed by atoms with Crippen molar-refractivity contribution in [3.63, 3.8) is 0 Å². The molecule has 1 aromatic heterocycles. The van der Waals surface area contributed by atoms with E-state index in [1.165, 1.54) is 11.1 Å². The summed E-state index contributed by atoms with van der Waals surface area (Å²) < 4.78 is 7.69. The number of aryl methyl sites for hydroxylation is 2. The highest BCUT2D eigenvalue weighted by Crippen LogP contribution is 2.34. The number of imidazole rings is 1. The fourth-order valence-electron chi connectivity index (χ4n) is 3.59. The zero-order valence-electron chi connectivity index (χ0n) is 15.2. The number of nitrogens with zero attached hydrogens (tertiary/aromatic N) is 2. The number of amides is 1. The largest absolute Gasteiger partial charge is 0.444 e. The van der Waals surface area contributed by atoms with Crippen LogP contribution in [0.5, 0.6) is 0 Å². The molecule has 5 heteroatoms. The number of hydrogen-bond donors (Lipinski definition) is 1. The van der Waals surface area contributed by atoms with Gasteiger partial charge in [-0.1, -0.05) is 6.07 Å². The molecular formula is C19H27N3O2. The molecule has 1 aliphatic carbocycles. The van der Waals surface area contributed by atoms with Crippen molar-refractivity contribution in [2.45, 2.75) is 71.6 Å². The molecule has 1 fully saturated rings. The summed E-state index contributed by atoms with van der Waals surface area (Å²) >= 11 is 0. The molecule has 5 nitrogen and oxygen atoms in total. The molecule has 3 rings (SSSR count). The quantitative estimate of drug-likeness (QED) is 0.895. The van der Waals surface area contributed by atoms with Crippen LogP contribution in [0.2, 0.25) is 0 Å². The monoisotopic (exact) mass is 329 g/mol. The van der Waals surface area contributed by atoms with Crippen LogP contribution in [0.1, 0.15) is 57.5 Å². The summed E-state index contributed by atoms with van der Waals surface area (Å²) in [6.07, 6.45) is 2.60. The van der Waals surface area contributed by atoms with E-state index >= 15 is 0 Å². The van der Waals surface area contributed by atoms with Gasteiger partial charge in [-0.05, 0) is 71.6 Å². The molecule has 0 saturated heterocycles. The third-order valence-corrected chi connectivity index (χ3v) is 4.51. The highest BCUT2D eigenvalue weighted by Gasteiger charge is 2.30. The van der Waals surface area contributed by atoms with Gasteiger partial charge < -0.3 is 14.6 Å². The molecule has 1 aliphatic rings. The van der Waals surface area contributed by atoms with E-state index in [0.717, 1.165) is 30.6 Å². The first kappa shape index (κ1) is 16.8. The Morgan fingerprint density at radius 2 is 2.04 bits per heavy atom. The van der Waals surface area contributed by atoms with Gasteiger partial charge in [-0.15, -0.1) is 0 Å². The summed E-state index contributed by atoms with van der Waals surface area (Å²) in [6.45, 7) is 9.79. The number of benzene rings is 1. The molecule has 0 radical (unpaired) electrons. The maximum atomic E-state index is 12.0. The summed E-state index contributed by atoms with van der Waals surface area (Å²) in [4.78, 5) is 16.7. The normalized spacial score (nSPS) is 21.2. The van der Waals surface area contributed by atoms with Crippen molar-refractivity contribution >= 4 is 17.1 Å². The lowest BCUT2D eigenvalue weighted by atomic mass is 10.2. The fourth-order valence-corrected chi connectivity index (χ4v) is 3.59. The topological polar surface area (TPSA) is 56.2 Å². The van der Waals surface area contributed by atoms with E-state index < -0.39 is 5.60 Å². The van der Waals surface area contributed by atoms with Gasteiger partial charge in [0.1, 0.15) is 11.4 Å². The van der Waals surface area contributed by atoms with Gasteiger partial charge in [0.2, 0.25) is 0 Å². The molecule has 0 spiro atoms. The summed E-state index contributed by atoms with van der Waals surface area (Å²) in [7, 11) is 0. The fraction of sp³-hybridized carbons (Fsp3) is 0.579. The molecule has 130 valence electrons. The van der Waals surface area contributed by atoms with Gasteiger partial charge in [0, 0.05) is 12.1 Å². The van der Waals surface area contributed by atoms with Crippen molar-refractivity contribution in [3.05, 3.63) is 29.6 Å². The van der Waals surface area contributed by atoms with Crippen LogP contribution >= 0.6 is 0 Å². The van der Waals surface area contributed by atoms with E-state index in [4.69, 9.17) is 9.72 Å². The van der Waals surface area contributed by atoms with E-state index in [9.17, 15) is 4.79 Å². The first-order chi connectivity index (χ1) is 11.2. The first-order valence-electron chi connectivity index (χ1n) is 8.67. The average molecular weight is 329 g/mol. The van der Waals surface area contributed by atoms with E-state index in [2.05, 4.69) is 41.9 Å². The Morgan fingerprint density at radius 1 is 1.29 bits per heavy atom. The van der Waals surface area contributed by atoms with Crippen molar-refractivity contribution < 1.29 is 9.53 Å². The maximum absolute atomic E-state index is 12.0. The van der Waals surface area contributed by atoms with Crippen LogP contribution in [-0.2, 0) is 4.74 Å². The molecule has 2 atom stereocenters. The predicted octanol–water partition coefficient (Wildman–Crippen LogP) is 4.27. The Morgan fingerprint density at radius 3 is 2.75 bits per heavy atom. The Labute approximate surface area is 143 Å². The second-order valence-electron chi connectivity index (χ2n) is 7.83. The van der Waals surface area contributed by atoms with Crippen molar-refractivity contribution in [1.82, 2.24) is 14.9 Å². The second-order valence-corrected chi connectivity index (χ2v) is 7.83. The van der Waals surface area contributed by atoms with Gasteiger partial charge in [-0.25, -0.2) is 9.78 Å². The Kier molecular flexibility index (Phi) is 4.28. The van der Waals surface area contributed by atoms with E-state index in [1.54, 1.807) is 0 Å². The molecule has 0 bridgehead atoms. The third kappa shape index (κ3) is 3.55. The number of carbonyl (C=O) groups excluding carboxylic acids is 1. The zero-order valence-corrected chi connectivity index (χ0v) is 15.2. The van der Waals surface area contributed by atoms with Crippen LogP contribution in [0, 0.1) is 13.8 Å². The Balaban J connectivity index is 1.72. The molecule has 1 heterocycles. The number of rotatable bonds is 2. The summed E-state index contributed by atoms with van der Waals surface area (Å²) in [6, 6.07) is 6.94. The van der Waals surface area contributed by atoms with Crippen LogP contribution in [0.4, 0.5) is 4.79 Å². The summed E-state index contributed by atoms with van der Waals surface area (Å²) in [5.74, 6) is 1.04. The third-order valence-electron chi connectivity index (χ3n) is 4.51. The zero-order chi connectivity index (χ0) is 17.5. The number of nitrogens with one attached hydrogen (secondary N) is 1. The number of alkyl carbamates (subject to hydrolysis) is 1. The number of fused-ring (bicyclic) bond motifs is 1. The SMILES string of the molecule is Cc1ccc2c(c1)nc(C)n2C1CCC(NC(=O)OC(C)(C)C)C1. The van der Waals surface area contributed by atoms with Crippen LogP contribution < -0.4 is 5.32 Å². The molecular weight excluding hydrogens is 302 g/mol. The standard InChI is InChI=1S/C19H27N3O2/c1-12-6-9-17-16(10-12)20-13(2)22(17)15-8-7-14(11-15)21-18(23)24-19(3,4)5/h6,9-10,14-15H,7-8,11H2,1-5H3,(H,21,23). The lowest BCUT2D eigenvalue weighted by Gasteiger charge is -2.22. The maximum Gasteiger partial charge on any atom is 0.407 e. The highest BCUT2D eigenvalue weighted by molar-refractivity contribution is 5.77. The van der Waals surface area contributed by atoms with Gasteiger partial charge in [0.15, 0.2) is 0 Å². The summed E-state index contributed by atoms with van der Waals surface area (Å²) in [5, 5.41) is 3.01. The smallest absolute Gasteiger partial charge is 0.407 e. The van der Waals surface area contributed by atoms with Crippen molar-refractivity contribution in [2.75, 3.05) is 0 Å². The molecule has 2 aromatic rings. The number of aromatic nitrogens is 2. The van der Waals surface area contributed by atoms with Crippen molar-refractivity contribution in [3.8, 4) is 0 Å². The average Bonchev–Trinajstić information content (AvgIpc) is 2.99. The summed E-state index contributed by atoms with van der Waals surface area (Å²) in [5.41, 5.74) is 3.00. The minimum absolute atomic E-state index is 0.159. The number of ether oxygens (including phenoxy) is 1. The second kappa shape index (κ2) is 6.11. The molecule has 1 aromatic carbocycles. The Bertz CT molecular complexity index is 758. The molecule has 1 amide bonds. The lowest BCUT2D eigenvalue weighted by Crippen LogP contribution is -2.38. The van der Waals surface area contributed by atoms with Gasteiger partial charge in [-0.2, -0.15) is 0 Å². The predicted molar refractivity (Wildman–Crippen MR) is 95.3 cm³/mol. The van der Waals surface area contributed by atoms with Crippen LogP contribution in [0.15, 0.2) is 18.2 Å². The van der Waals surface area contributed by atoms with E-state index in [0.29, 0.717) is 6.04 Å². The van der Waals surface area contributed by atoms with Gasteiger partial charge in [0.05, 0.1) is 11.0 Å². The molecule has 2 unspecified atom stereocenters. The first-order valence-corrected chi connectivity index (χ1v) is 8.67. The molecule has 0 aliphatic heterocycles. The minimum atomic E-state index is -0.461. The van der Waals surface area contributed by atoms with E-state index in [1.807, 2.05) is 20.8 Å². The number of carbonyl (C=O) groups is 1. The van der Waals surface area contributed by atoms with E-state index in [-0.39, 0.29) is 12.1 Å². The highest BCUT2D eigenvalue weighted by atomic mass is 16.6. The van der Waals surface area contributed by atoms with Crippen molar-refractivity contribution in [2.24, 2.45) is 0 Å². The van der Waals surface area contributed by atoms with Crippen LogP contribution in [0.25, 0.3) is 11.0 Å². The van der Waals surface area contributed by atoms with Gasteiger partial charge >= 0.3 is 6.09 Å². The van der Waals surface area contributed by atoms with Gasteiger partial charge in [0.25, 0.3) is 0 Å². The molecule has 1 saturated carbocycles. The van der Waals surface area contributed by atoms with Crippen LogP contribution in [0.3, 0.4) is 0 Å². The van der Waals surface area contributed by atoms with Gasteiger partial charge in [-0.3, -0.25) is 0 Å². The lowest BCUT2D eigenvalue weighted by molar-refractivity contribution is 0.0505.